The molecule has 0 fully saturated rings. The lowest BCUT2D eigenvalue weighted by atomic mass is 10.0. The van der Waals surface area contributed by atoms with Gasteiger partial charge in [-0.05, 0) is 23.3 Å². The highest BCUT2D eigenvalue weighted by Gasteiger charge is 2.37. The van der Waals surface area contributed by atoms with E-state index >= 15 is 0 Å². The van der Waals surface area contributed by atoms with Gasteiger partial charge < -0.3 is 5.73 Å². The molecule has 0 aliphatic carbocycles. The zero-order chi connectivity index (χ0) is 30.4. The van der Waals surface area contributed by atoms with Crippen LogP contribution in [-0.2, 0) is 30.5 Å². The van der Waals surface area contributed by atoms with Gasteiger partial charge in [0.05, 0.1) is 36.1 Å². The molecule has 4 aromatic rings. The number of rotatable bonds is 6. The standard InChI is InChI=1S/C26H18F8N4O3/c1-36(24(35)40)17(39)9-13-15(26(32,33)34)7-8-16-23(13)38(25(41)37(16)10-12-5-3-2-4-6-12)11-14-18(27)20(29)22(31)21(30)19(14)28/h2-8H,9-11H2,1H3,(H2,35,40). The predicted molar refractivity (Wildman–Crippen MR) is 128 cm³/mol. The van der Waals surface area contributed by atoms with Gasteiger partial charge in [-0.15, -0.1) is 0 Å². The number of imide groups is 1. The molecule has 0 unspecified atom stereocenters. The van der Waals surface area contributed by atoms with Crippen molar-refractivity contribution in [3.05, 3.63) is 104 Å². The van der Waals surface area contributed by atoms with Crippen molar-refractivity contribution in [1.82, 2.24) is 14.0 Å². The fraction of sp³-hybridized carbons (Fsp3) is 0.192. The summed E-state index contributed by atoms with van der Waals surface area (Å²) in [6.07, 6.45) is -6.31. The molecular weight excluding hydrogens is 568 g/mol. The zero-order valence-electron chi connectivity index (χ0n) is 20.8. The highest BCUT2D eigenvalue weighted by molar-refractivity contribution is 5.96. The summed E-state index contributed by atoms with van der Waals surface area (Å²) in [7, 11) is 0.889. The van der Waals surface area contributed by atoms with E-state index in [1.54, 1.807) is 30.3 Å². The number of primary amides is 1. The number of hydrogen-bond acceptors (Lipinski definition) is 3. The molecule has 0 saturated heterocycles. The fourth-order valence-electron chi connectivity index (χ4n) is 4.34. The Morgan fingerprint density at radius 1 is 0.805 bits per heavy atom. The number of carbonyl (C=O) groups excluding carboxylic acids is 2. The number of benzene rings is 3. The Morgan fingerprint density at radius 2 is 1.37 bits per heavy atom. The number of aromatic nitrogens is 2. The van der Waals surface area contributed by atoms with Crippen LogP contribution in [0.5, 0.6) is 0 Å². The Kier molecular flexibility index (Phi) is 7.65. The minimum atomic E-state index is -5.14. The number of imidazole rings is 1. The summed E-state index contributed by atoms with van der Waals surface area (Å²) in [5.74, 6) is -12.9. The number of hydrogen-bond donors (Lipinski definition) is 1. The zero-order valence-corrected chi connectivity index (χ0v) is 20.8. The van der Waals surface area contributed by atoms with E-state index in [2.05, 4.69) is 0 Å². The largest absolute Gasteiger partial charge is 0.416 e. The first-order valence-corrected chi connectivity index (χ1v) is 11.6. The third kappa shape index (κ3) is 5.26. The molecule has 2 N–H and O–H groups in total. The van der Waals surface area contributed by atoms with Crippen molar-refractivity contribution in [2.24, 2.45) is 5.73 Å². The first kappa shape index (κ1) is 29.3. The molecule has 7 nitrogen and oxygen atoms in total. The van der Waals surface area contributed by atoms with Crippen LogP contribution in [0.1, 0.15) is 22.3 Å². The van der Waals surface area contributed by atoms with E-state index in [9.17, 15) is 49.5 Å². The van der Waals surface area contributed by atoms with Crippen LogP contribution in [0, 0.1) is 29.1 Å². The quantitative estimate of drug-likeness (QED) is 0.202. The van der Waals surface area contributed by atoms with Crippen molar-refractivity contribution < 1.29 is 44.7 Å². The second kappa shape index (κ2) is 10.7. The van der Waals surface area contributed by atoms with Crippen molar-refractivity contribution in [2.45, 2.75) is 25.7 Å². The smallest absolute Gasteiger partial charge is 0.351 e. The van der Waals surface area contributed by atoms with Gasteiger partial charge in [0.25, 0.3) is 0 Å². The Bertz CT molecular complexity index is 1720. The van der Waals surface area contributed by atoms with Gasteiger partial charge in [0.1, 0.15) is 0 Å². The molecule has 216 valence electrons. The van der Waals surface area contributed by atoms with Gasteiger partial charge in [-0.3, -0.25) is 18.8 Å². The van der Waals surface area contributed by atoms with Crippen molar-refractivity contribution in [1.29, 1.82) is 0 Å². The molecule has 0 atom stereocenters. The van der Waals surface area contributed by atoms with Crippen LogP contribution in [0.4, 0.5) is 39.9 Å². The topological polar surface area (TPSA) is 90.3 Å². The van der Waals surface area contributed by atoms with E-state index in [1.807, 2.05) is 0 Å². The van der Waals surface area contributed by atoms with Gasteiger partial charge in [0.2, 0.25) is 11.7 Å². The third-order valence-corrected chi connectivity index (χ3v) is 6.42. The highest BCUT2D eigenvalue weighted by atomic mass is 19.4. The number of carbonyl (C=O) groups is 2. The second-order valence-corrected chi connectivity index (χ2v) is 8.91. The Morgan fingerprint density at radius 3 is 1.90 bits per heavy atom. The molecule has 1 heterocycles. The summed E-state index contributed by atoms with van der Waals surface area (Å²) in [6, 6.07) is 8.11. The molecule has 3 amide bonds. The summed E-state index contributed by atoms with van der Waals surface area (Å²) in [4.78, 5) is 38.0. The maximum atomic E-state index is 14.6. The van der Waals surface area contributed by atoms with Gasteiger partial charge in [0.15, 0.2) is 23.3 Å². The number of nitrogens with zero attached hydrogens (tertiary/aromatic N) is 3. The molecule has 0 saturated carbocycles. The molecule has 4 rings (SSSR count). The summed E-state index contributed by atoms with van der Waals surface area (Å²) >= 11 is 0. The van der Waals surface area contributed by atoms with Gasteiger partial charge in [0, 0.05) is 12.6 Å². The number of urea groups is 1. The summed E-state index contributed by atoms with van der Waals surface area (Å²) in [5, 5.41) is 0. The average molecular weight is 586 g/mol. The van der Waals surface area contributed by atoms with Crippen LogP contribution in [0.25, 0.3) is 11.0 Å². The molecule has 0 bridgehead atoms. The molecule has 41 heavy (non-hydrogen) atoms. The molecule has 3 aromatic carbocycles. The number of likely N-dealkylation sites (N-methyl/N-ethyl adjacent to an activating group) is 1. The maximum Gasteiger partial charge on any atom is 0.416 e. The Balaban J connectivity index is 2.08. The maximum absolute atomic E-state index is 14.6. The second-order valence-electron chi connectivity index (χ2n) is 8.91. The lowest BCUT2D eigenvalue weighted by molar-refractivity contribution is -0.138. The van der Waals surface area contributed by atoms with E-state index in [0.29, 0.717) is 21.1 Å². The molecule has 1 aromatic heterocycles. The summed E-state index contributed by atoms with van der Waals surface area (Å²) in [5.41, 5.74) is -0.409. The van der Waals surface area contributed by atoms with Crippen LogP contribution >= 0.6 is 0 Å². The highest BCUT2D eigenvalue weighted by Crippen LogP contribution is 2.37. The molecule has 15 heteroatoms. The van der Waals surface area contributed by atoms with E-state index < -0.39 is 88.1 Å². The lowest BCUT2D eigenvalue weighted by Crippen LogP contribution is -2.38. The van der Waals surface area contributed by atoms with Crippen molar-refractivity contribution in [3.63, 3.8) is 0 Å². The fourth-order valence-corrected chi connectivity index (χ4v) is 4.34. The summed E-state index contributed by atoms with van der Waals surface area (Å²) < 4.78 is 114. The van der Waals surface area contributed by atoms with Gasteiger partial charge in [-0.2, -0.15) is 13.2 Å². The van der Waals surface area contributed by atoms with Crippen LogP contribution in [-0.4, -0.2) is 33.0 Å². The van der Waals surface area contributed by atoms with Crippen LogP contribution in [0.15, 0.2) is 47.3 Å². The van der Waals surface area contributed by atoms with E-state index in [-0.39, 0.29) is 12.1 Å². The monoisotopic (exact) mass is 586 g/mol. The number of halogens is 8. The number of nitrogens with two attached hydrogens (primary N) is 1. The average Bonchev–Trinajstić information content (AvgIpc) is 3.18. The summed E-state index contributed by atoms with van der Waals surface area (Å²) in [6.45, 7) is -1.67. The van der Waals surface area contributed by atoms with Crippen molar-refractivity contribution in [2.75, 3.05) is 7.05 Å². The van der Waals surface area contributed by atoms with Crippen LogP contribution in [0.2, 0.25) is 0 Å². The Hall–Kier alpha value is -4.69. The third-order valence-electron chi connectivity index (χ3n) is 6.42. The van der Waals surface area contributed by atoms with Gasteiger partial charge >= 0.3 is 17.9 Å². The normalized spacial score (nSPS) is 11.7. The lowest BCUT2D eigenvalue weighted by Gasteiger charge is -2.18. The van der Waals surface area contributed by atoms with Gasteiger partial charge in [-0.25, -0.2) is 31.5 Å². The minimum absolute atomic E-state index is 0.250. The molecule has 0 radical (unpaired) electrons. The van der Waals surface area contributed by atoms with E-state index in [1.165, 1.54) is 0 Å². The molecule has 0 spiro atoms. The number of fused-ring (bicyclic) bond motifs is 1. The minimum Gasteiger partial charge on any atom is -0.351 e. The Labute approximate surface area is 225 Å². The van der Waals surface area contributed by atoms with Gasteiger partial charge in [-0.1, -0.05) is 30.3 Å². The first-order valence-electron chi connectivity index (χ1n) is 11.6. The number of alkyl halides is 3. The van der Waals surface area contributed by atoms with E-state index in [4.69, 9.17) is 5.73 Å². The van der Waals surface area contributed by atoms with Crippen LogP contribution < -0.4 is 11.4 Å². The first-order chi connectivity index (χ1) is 19.1. The van der Waals surface area contributed by atoms with Crippen LogP contribution in [0.3, 0.4) is 0 Å². The number of amides is 3. The predicted octanol–water partition coefficient (Wildman–Crippen LogP) is 4.69. The molecule has 0 aliphatic heterocycles. The van der Waals surface area contributed by atoms with E-state index in [0.717, 1.165) is 17.7 Å². The van der Waals surface area contributed by atoms with Crippen molar-refractivity contribution in [3.8, 4) is 0 Å². The molecule has 0 aliphatic rings. The molecular formula is C26H18F8N4O3. The SMILES string of the molecule is CN(C(N)=O)C(=O)Cc1c(C(F)(F)F)ccc2c1n(Cc1c(F)c(F)c(F)c(F)c1F)c(=O)n2Cc1ccccc1. The van der Waals surface area contributed by atoms with Crippen molar-refractivity contribution >= 4 is 23.0 Å².